The van der Waals surface area contributed by atoms with Crippen molar-refractivity contribution in [1.82, 2.24) is 0 Å². The van der Waals surface area contributed by atoms with E-state index < -0.39 is 0 Å². The summed E-state index contributed by atoms with van der Waals surface area (Å²) in [6.45, 7) is 8.98. The van der Waals surface area contributed by atoms with Crippen molar-refractivity contribution in [2.24, 2.45) is 0 Å². The van der Waals surface area contributed by atoms with Crippen molar-refractivity contribution >= 4 is 0 Å². The van der Waals surface area contributed by atoms with Crippen LogP contribution in [0.4, 0.5) is 0 Å². The van der Waals surface area contributed by atoms with Gasteiger partial charge in [0.15, 0.2) is 6.79 Å². The molecule has 0 bridgehead atoms. The largest absolute Gasteiger partial charge is 0.467 e. The summed E-state index contributed by atoms with van der Waals surface area (Å²) in [4.78, 5) is 0. The Morgan fingerprint density at radius 3 is 2.57 bits per heavy atom. The predicted molar refractivity (Wildman–Crippen MR) is 90.0 cm³/mol. The molecule has 0 aliphatic carbocycles. The molecule has 0 unspecified atom stereocenters. The summed E-state index contributed by atoms with van der Waals surface area (Å²) in [5, 5.41) is 0. The molecule has 0 aliphatic heterocycles. The van der Waals surface area contributed by atoms with Crippen molar-refractivity contribution in [2.75, 3.05) is 13.9 Å². The average molecular weight is 290 g/mol. The van der Waals surface area contributed by atoms with Gasteiger partial charge in [-0.3, -0.25) is 0 Å². The minimum Gasteiger partial charge on any atom is -0.467 e. The molecule has 0 saturated heterocycles. The van der Waals surface area contributed by atoms with E-state index >= 15 is 0 Å². The Labute approximate surface area is 130 Å². The van der Waals surface area contributed by atoms with Crippen LogP contribution in [0, 0.1) is 6.92 Å². The van der Waals surface area contributed by atoms with E-state index in [1.165, 1.54) is 41.5 Å². The van der Waals surface area contributed by atoms with Gasteiger partial charge < -0.3 is 9.47 Å². The molecule has 0 saturated carbocycles. The zero-order chi connectivity index (χ0) is 15.7. The minimum absolute atomic E-state index is 0.305. The van der Waals surface area contributed by atoms with Gasteiger partial charge in [0.25, 0.3) is 0 Å². The molecule has 0 N–H and O–H groups in total. The van der Waals surface area contributed by atoms with Crippen molar-refractivity contribution in [3.05, 3.63) is 40.5 Å². The number of ether oxygens (including phenoxy) is 2. The number of methoxy groups -OCH3 is 1. The summed E-state index contributed by atoms with van der Waals surface area (Å²) < 4.78 is 10.9. The van der Waals surface area contributed by atoms with Crippen LogP contribution in [0.1, 0.15) is 56.7 Å². The molecule has 2 nitrogen and oxygen atoms in total. The van der Waals surface area contributed by atoms with Gasteiger partial charge in [0.2, 0.25) is 0 Å². The molecule has 0 radical (unpaired) electrons. The fourth-order valence-corrected chi connectivity index (χ4v) is 2.40. The van der Waals surface area contributed by atoms with Gasteiger partial charge in [-0.1, -0.05) is 37.5 Å². The minimum atomic E-state index is 0.305. The average Bonchev–Trinajstić information content (AvgIpc) is 2.44. The maximum atomic E-state index is 5.79. The van der Waals surface area contributed by atoms with Gasteiger partial charge in [-0.15, -0.1) is 0 Å². The number of hydrogen-bond donors (Lipinski definition) is 0. The fourth-order valence-electron chi connectivity index (χ4n) is 2.40. The molecule has 118 valence electrons. The monoisotopic (exact) mass is 290 g/mol. The van der Waals surface area contributed by atoms with Gasteiger partial charge in [0.1, 0.15) is 5.75 Å². The summed E-state index contributed by atoms with van der Waals surface area (Å²) in [5.74, 6) is 0.973. The third-order valence-electron chi connectivity index (χ3n) is 3.61. The SMILES string of the molecule is CCCCCc1cc(C)c(CC=C(C)C)c(OCOC)c1. The normalized spacial score (nSPS) is 10.5. The Morgan fingerprint density at radius 2 is 1.95 bits per heavy atom. The van der Waals surface area contributed by atoms with Gasteiger partial charge in [-0.05, 0) is 57.2 Å². The van der Waals surface area contributed by atoms with Gasteiger partial charge in [0, 0.05) is 12.7 Å². The Bertz CT molecular complexity index is 457. The Morgan fingerprint density at radius 1 is 1.19 bits per heavy atom. The van der Waals surface area contributed by atoms with Crippen molar-refractivity contribution in [3.8, 4) is 5.75 Å². The molecule has 1 aromatic rings. The summed E-state index contributed by atoms with van der Waals surface area (Å²) in [7, 11) is 1.66. The second-order valence-corrected chi connectivity index (χ2v) is 5.88. The van der Waals surface area contributed by atoms with Crippen molar-refractivity contribution in [1.29, 1.82) is 0 Å². The third kappa shape index (κ3) is 6.34. The lowest BCUT2D eigenvalue weighted by atomic mass is 9.97. The van der Waals surface area contributed by atoms with E-state index in [0.717, 1.165) is 18.6 Å². The first-order valence-corrected chi connectivity index (χ1v) is 7.96. The number of hydrogen-bond acceptors (Lipinski definition) is 2. The summed E-state index contributed by atoms with van der Waals surface area (Å²) >= 11 is 0. The number of aryl methyl sites for hydroxylation is 2. The van der Waals surface area contributed by atoms with Crippen molar-refractivity contribution in [2.45, 2.75) is 59.8 Å². The third-order valence-corrected chi connectivity index (χ3v) is 3.61. The maximum Gasteiger partial charge on any atom is 0.188 e. The number of allylic oxidation sites excluding steroid dienone is 2. The molecule has 0 amide bonds. The second-order valence-electron chi connectivity index (χ2n) is 5.88. The van der Waals surface area contributed by atoms with Gasteiger partial charge in [0.05, 0.1) is 0 Å². The number of benzene rings is 1. The van der Waals surface area contributed by atoms with Crippen LogP contribution < -0.4 is 4.74 Å². The van der Waals surface area contributed by atoms with E-state index in [1.54, 1.807) is 7.11 Å². The summed E-state index contributed by atoms with van der Waals surface area (Å²) in [5.41, 5.74) is 5.28. The van der Waals surface area contributed by atoms with Crippen LogP contribution in [0.5, 0.6) is 5.75 Å². The number of unbranched alkanes of at least 4 members (excludes halogenated alkanes) is 2. The molecule has 21 heavy (non-hydrogen) atoms. The Hall–Kier alpha value is -1.28. The Kier molecular flexibility index (Phi) is 8.14. The molecule has 0 atom stereocenters. The zero-order valence-corrected chi connectivity index (χ0v) is 14.3. The Balaban J connectivity index is 2.96. The lowest BCUT2D eigenvalue weighted by molar-refractivity contribution is 0.0504. The smallest absolute Gasteiger partial charge is 0.188 e. The van der Waals surface area contributed by atoms with E-state index in [-0.39, 0.29) is 0 Å². The molecule has 2 heteroatoms. The highest BCUT2D eigenvalue weighted by molar-refractivity contribution is 5.44. The highest BCUT2D eigenvalue weighted by Crippen LogP contribution is 2.27. The van der Waals surface area contributed by atoms with Crippen LogP contribution in [-0.4, -0.2) is 13.9 Å². The highest BCUT2D eigenvalue weighted by Gasteiger charge is 2.09. The van der Waals surface area contributed by atoms with Crippen LogP contribution in [0.15, 0.2) is 23.8 Å². The predicted octanol–water partition coefficient (Wildman–Crippen LogP) is 5.22. The molecule has 1 rings (SSSR count). The molecule has 0 spiro atoms. The van der Waals surface area contributed by atoms with E-state index in [1.807, 2.05) is 0 Å². The van der Waals surface area contributed by atoms with Crippen molar-refractivity contribution < 1.29 is 9.47 Å². The number of rotatable bonds is 9. The maximum absolute atomic E-state index is 5.79. The molecule has 0 heterocycles. The van der Waals surface area contributed by atoms with Gasteiger partial charge in [-0.2, -0.15) is 0 Å². The van der Waals surface area contributed by atoms with Gasteiger partial charge in [-0.25, -0.2) is 0 Å². The van der Waals surface area contributed by atoms with E-state index in [2.05, 4.69) is 45.9 Å². The van der Waals surface area contributed by atoms with E-state index in [9.17, 15) is 0 Å². The zero-order valence-electron chi connectivity index (χ0n) is 14.3. The highest BCUT2D eigenvalue weighted by atomic mass is 16.7. The van der Waals surface area contributed by atoms with E-state index in [0.29, 0.717) is 6.79 Å². The quantitative estimate of drug-likeness (QED) is 0.353. The second kappa shape index (κ2) is 9.62. The molecule has 0 aliphatic rings. The van der Waals surface area contributed by atoms with Crippen LogP contribution in [0.3, 0.4) is 0 Å². The standard InChI is InChI=1S/C19H30O2/c1-6-7-8-9-17-12-16(4)18(11-10-15(2)3)19(13-17)21-14-20-5/h10,12-13H,6-9,11,14H2,1-5H3. The topological polar surface area (TPSA) is 18.5 Å². The lowest BCUT2D eigenvalue weighted by Crippen LogP contribution is -2.04. The first-order chi connectivity index (χ1) is 10.1. The van der Waals surface area contributed by atoms with Crippen LogP contribution in [0.2, 0.25) is 0 Å². The molecule has 1 aromatic carbocycles. The fraction of sp³-hybridized carbons (Fsp3) is 0.579. The first-order valence-electron chi connectivity index (χ1n) is 7.96. The van der Waals surface area contributed by atoms with Crippen LogP contribution in [-0.2, 0) is 17.6 Å². The van der Waals surface area contributed by atoms with Gasteiger partial charge >= 0.3 is 0 Å². The first kappa shape index (κ1) is 17.8. The van der Waals surface area contributed by atoms with E-state index in [4.69, 9.17) is 9.47 Å². The molecule has 0 aromatic heterocycles. The lowest BCUT2D eigenvalue weighted by Gasteiger charge is -2.15. The van der Waals surface area contributed by atoms with Crippen molar-refractivity contribution in [3.63, 3.8) is 0 Å². The van der Waals surface area contributed by atoms with Crippen LogP contribution in [0.25, 0.3) is 0 Å². The molecule has 0 fully saturated rings. The summed E-state index contributed by atoms with van der Waals surface area (Å²) in [6, 6.07) is 4.50. The molecular formula is C19H30O2. The summed E-state index contributed by atoms with van der Waals surface area (Å²) in [6.07, 6.45) is 8.08. The van der Waals surface area contributed by atoms with Crippen LogP contribution >= 0.6 is 0 Å². The molecular weight excluding hydrogens is 260 g/mol.